The third-order valence-corrected chi connectivity index (χ3v) is 8.76. The Bertz CT molecular complexity index is 1510. The second kappa shape index (κ2) is 14.2. The number of nitrogens with two attached hydrogens (primary N) is 2. The lowest BCUT2D eigenvalue weighted by atomic mass is 10.00. The van der Waals surface area contributed by atoms with Crippen LogP contribution in [0, 0.1) is 16.7 Å². The maximum Gasteiger partial charge on any atom is 0.237 e. The lowest BCUT2D eigenvalue weighted by Crippen LogP contribution is -2.42. The molecule has 2 amide bonds. The van der Waals surface area contributed by atoms with E-state index in [9.17, 15) is 9.59 Å². The molecule has 2 aromatic rings. The van der Waals surface area contributed by atoms with Crippen LogP contribution >= 0.6 is 11.3 Å². The van der Waals surface area contributed by atoms with Gasteiger partial charge in [-0.25, -0.2) is 9.98 Å². The zero-order chi connectivity index (χ0) is 31.1. The van der Waals surface area contributed by atoms with E-state index in [1.807, 2.05) is 37.0 Å². The zero-order valence-electron chi connectivity index (χ0n) is 24.7. The number of amides is 2. The van der Waals surface area contributed by atoms with Crippen LogP contribution in [0.4, 0.5) is 11.4 Å². The SMILES string of the molecule is C=C(/C=C\C)C(=N)c1cc(N(CC)C(=O)[C@@H]2CCN(CC(=O)N3CC=C(c4ncc(C(N)=NC=N)s4)CC3)C2)ccc1N. The number of aliphatic imine (C=N–C) groups is 1. The van der Waals surface area contributed by atoms with Crippen LogP contribution < -0.4 is 16.4 Å². The van der Waals surface area contributed by atoms with Gasteiger partial charge in [0.25, 0.3) is 0 Å². The first kappa shape index (κ1) is 31.5. The molecule has 2 aliphatic heterocycles. The average Bonchev–Trinajstić information content (AvgIpc) is 3.69. The van der Waals surface area contributed by atoms with Crippen molar-refractivity contribution in [3.63, 3.8) is 0 Å². The Labute approximate surface area is 256 Å². The summed E-state index contributed by atoms with van der Waals surface area (Å²) < 4.78 is 0. The highest BCUT2D eigenvalue weighted by molar-refractivity contribution is 7.14. The first-order chi connectivity index (χ1) is 20.7. The number of hydrogen-bond donors (Lipinski definition) is 4. The van der Waals surface area contributed by atoms with Crippen LogP contribution in [0.3, 0.4) is 0 Å². The summed E-state index contributed by atoms with van der Waals surface area (Å²) in [7, 11) is 0. The van der Waals surface area contributed by atoms with Crippen LogP contribution in [-0.4, -0.2) is 83.8 Å². The molecule has 0 spiro atoms. The number of thiazole rings is 1. The van der Waals surface area contributed by atoms with E-state index in [1.54, 1.807) is 29.3 Å². The quantitative estimate of drug-likeness (QED) is 0.133. The fraction of sp³-hybridized carbons (Fsp3) is 0.355. The number of hydrogen-bond acceptors (Lipinski definition) is 8. The molecule has 226 valence electrons. The lowest BCUT2D eigenvalue weighted by molar-refractivity contribution is -0.132. The molecule has 0 unspecified atom stereocenters. The molecular formula is C31H39N9O2S. The number of rotatable bonds is 11. The summed E-state index contributed by atoms with van der Waals surface area (Å²) in [6.07, 6.45) is 9.54. The van der Waals surface area contributed by atoms with Crippen molar-refractivity contribution in [2.75, 3.05) is 49.9 Å². The van der Waals surface area contributed by atoms with E-state index in [1.165, 1.54) is 11.3 Å². The molecule has 1 aromatic heterocycles. The van der Waals surface area contributed by atoms with Gasteiger partial charge >= 0.3 is 0 Å². The molecular weight excluding hydrogens is 562 g/mol. The lowest BCUT2D eigenvalue weighted by Gasteiger charge is -2.28. The van der Waals surface area contributed by atoms with Crippen LogP contribution in [-0.2, 0) is 9.59 Å². The maximum atomic E-state index is 13.6. The third-order valence-electron chi connectivity index (χ3n) is 7.67. The smallest absolute Gasteiger partial charge is 0.237 e. The summed E-state index contributed by atoms with van der Waals surface area (Å²) in [6, 6.07) is 5.32. The number of allylic oxidation sites excluding steroid dienone is 3. The van der Waals surface area contributed by atoms with Gasteiger partial charge in [-0.3, -0.25) is 25.3 Å². The van der Waals surface area contributed by atoms with Crippen LogP contribution in [0.1, 0.15) is 42.1 Å². The predicted molar refractivity (Wildman–Crippen MR) is 175 cm³/mol. The largest absolute Gasteiger partial charge is 0.398 e. The molecule has 11 nitrogen and oxygen atoms in total. The Morgan fingerprint density at radius 2 is 2.12 bits per heavy atom. The topological polar surface area (TPSA) is 169 Å². The molecule has 43 heavy (non-hydrogen) atoms. The number of benzene rings is 1. The number of aromatic nitrogens is 1. The zero-order valence-corrected chi connectivity index (χ0v) is 25.5. The monoisotopic (exact) mass is 601 g/mol. The van der Waals surface area contributed by atoms with E-state index in [0.717, 1.165) is 16.9 Å². The van der Waals surface area contributed by atoms with E-state index in [2.05, 4.69) is 21.5 Å². The van der Waals surface area contributed by atoms with Crippen LogP contribution in [0.5, 0.6) is 0 Å². The number of anilines is 2. The van der Waals surface area contributed by atoms with E-state index >= 15 is 0 Å². The Morgan fingerprint density at radius 3 is 2.79 bits per heavy atom. The van der Waals surface area contributed by atoms with Gasteiger partial charge in [0, 0.05) is 49.3 Å². The van der Waals surface area contributed by atoms with E-state index in [0.29, 0.717) is 73.0 Å². The highest BCUT2D eigenvalue weighted by Crippen LogP contribution is 2.29. The fourth-order valence-corrected chi connectivity index (χ4v) is 6.20. The molecule has 1 atom stereocenters. The number of likely N-dealkylation sites (tertiary alicyclic amines) is 1. The minimum atomic E-state index is -0.221. The molecule has 1 aromatic carbocycles. The molecule has 2 aliphatic rings. The summed E-state index contributed by atoms with van der Waals surface area (Å²) in [6.45, 7) is 10.8. The van der Waals surface area contributed by atoms with Crippen molar-refractivity contribution in [2.45, 2.75) is 26.7 Å². The Hall–Kier alpha value is -4.42. The molecule has 12 heteroatoms. The Morgan fingerprint density at radius 1 is 1.33 bits per heavy atom. The average molecular weight is 602 g/mol. The molecule has 0 radical (unpaired) electrons. The molecule has 0 saturated carbocycles. The number of carbonyl (C=O) groups is 2. The number of nitrogen functional groups attached to an aromatic ring is 1. The van der Waals surface area contributed by atoms with Crippen molar-refractivity contribution in [3.05, 3.63) is 70.2 Å². The standard InChI is InChI=1S/C31H39N9O2S/c1-4-6-20(3)28(34)24-15-23(7-8-25(24)33)40(5-2)31(42)22-9-12-38(17-22)18-27(41)39-13-10-21(11-14-39)30-36-16-26(43-30)29(35)37-19-32/h4,6-8,10,15-16,19,22,34H,3,5,9,11-14,17-18,33H2,1-2H3,(H3,32,35,37)/b6-4-,34-28?/t22-/m1/s1. The van der Waals surface area contributed by atoms with Gasteiger partial charge in [-0.15, -0.1) is 11.3 Å². The molecule has 0 bridgehead atoms. The van der Waals surface area contributed by atoms with Crippen molar-refractivity contribution in [2.24, 2.45) is 16.6 Å². The van der Waals surface area contributed by atoms with E-state index in [-0.39, 0.29) is 35.8 Å². The normalized spacial score (nSPS) is 17.6. The van der Waals surface area contributed by atoms with Crippen molar-refractivity contribution in [1.29, 1.82) is 10.8 Å². The van der Waals surface area contributed by atoms with Crippen molar-refractivity contribution in [3.8, 4) is 0 Å². The van der Waals surface area contributed by atoms with Crippen molar-refractivity contribution >= 4 is 58.0 Å². The summed E-state index contributed by atoms with van der Waals surface area (Å²) in [5, 5.41) is 16.4. The summed E-state index contributed by atoms with van der Waals surface area (Å²) in [5.41, 5.74) is 15.6. The predicted octanol–water partition coefficient (Wildman–Crippen LogP) is 3.53. The van der Waals surface area contributed by atoms with Gasteiger partial charge in [0.05, 0.1) is 23.1 Å². The van der Waals surface area contributed by atoms with Crippen molar-refractivity contribution < 1.29 is 9.59 Å². The Kier molecular flexibility index (Phi) is 10.4. The second-order valence-corrected chi connectivity index (χ2v) is 11.5. The Balaban J connectivity index is 1.34. The van der Waals surface area contributed by atoms with Gasteiger partial charge in [0.1, 0.15) is 17.2 Å². The van der Waals surface area contributed by atoms with Gasteiger partial charge < -0.3 is 21.3 Å². The molecule has 3 heterocycles. The molecule has 1 saturated heterocycles. The van der Waals surface area contributed by atoms with E-state index in [4.69, 9.17) is 22.3 Å². The maximum absolute atomic E-state index is 13.6. The van der Waals surface area contributed by atoms with Gasteiger partial charge in [-0.1, -0.05) is 24.8 Å². The minimum absolute atomic E-state index is 0.00615. The van der Waals surface area contributed by atoms with Crippen LogP contribution in [0.15, 0.2) is 59.8 Å². The highest BCUT2D eigenvalue weighted by Gasteiger charge is 2.33. The number of nitrogens with one attached hydrogen (secondary N) is 2. The number of carbonyl (C=O) groups excluding carboxylic acids is 2. The molecule has 0 aliphatic carbocycles. The van der Waals surface area contributed by atoms with Gasteiger partial charge in [-0.2, -0.15) is 0 Å². The molecule has 4 rings (SSSR count). The van der Waals surface area contributed by atoms with E-state index < -0.39 is 0 Å². The number of nitrogens with zero attached hydrogens (tertiary/aromatic N) is 5. The number of amidine groups is 1. The third kappa shape index (κ3) is 7.33. The van der Waals surface area contributed by atoms with Gasteiger partial charge in [0.15, 0.2) is 0 Å². The molecule has 1 fully saturated rings. The fourth-order valence-electron chi connectivity index (χ4n) is 5.31. The molecule has 6 N–H and O–H groups in total. The summed E-state index contributed by atoms with van der Waals surface area (Å²) in [4.78, 5) is 41.3. The summed E-state index contributed by atoms with van der Waals surface area (Å²) in [5.74, 6) is 0.0934. The minimum Gasteiger partial charge on any atom is -0.398 e. The first-order valence-electron chi connectivity index (χ1n) is 14.3. The summed E-state index contributed by atoms with van der Waals surface area (Å²) >= 11 is 1.43. The second-order valence-electron chi connectivity index (χ2n) is 10.5. The van der Waals surface area contributed by atoms with Crippen molar-refractivity contribution in [1.82, 2.24) is 14.8 Å². The highest BCUT2D eigenvalue weighted by atomic mass is 32.1. The van der Waals surface area contributed by atoms with Gasteiger partial charge in [0.2, 0.25) is 11.8 Å². The van der Waals surface area contributed by atoms with Crippen LogP contribution in [0.25, 0.3) is 5.57 Å². The first-order valence-corrected chi connectivity index (χ1v) is 15.1. The van der Waals surface area contributed by atoms with Gasteiger partial charge in [-0.05, 0) is 62.6 Å². The van der Waals surface area contributed by atoms with Crippen LogP contribution in [0.2, 0.25) is 0 Å².